The van der Waals surface area contributed by atoms with Crippen molar-refractivity contribution in [2.75, 3.05) is 18.5 Å². The van der Waals surface area contributed by atoms with E-state index in [-0.39, 0.29) is 49.6 Å². The van der Waals surface area contributed by atoms with Crippen LogP contribution in [0.5, 0.6) is 0 Å². The van der Waals surface area contributed by atoms with E-state index in [9.17, 15) is 0 Å². The van der Waals surface area contributed by atoms with Gasteiger partial charge in [0.2, 0.25) is 0 Å². The van der Waals surface area contributed by atoms with E-state index in [1.54, 1.807) is 0 Å². The van der Waals surface area contributed by atoms with E-state index in [0.717, 1.165) is 0 Å². The van der Waals surface area contributed by atoms with Crippen LogP contribution in [0.3, 0.4) is 0 Å². The fourth-order valence-electron chi connectivity index (χ4n) is 6.21. The first-order chi connectivity index (χ1) is 28.2. The first-order valence-corrected chi connectivity index (χ1v) is 36.8. The summed E-state index contributed by atoms with van der Waals surface area (Å²) in [6.45, 7) is 24.2. The molecule has 0 aliphatic rings. The zero-order valence-electron chi connectivity index (χ0n) is 41.9. The SMILES string of the molecule is C=O.C[Si](C)(C)CCP(c1ccccc1)c1ccccc1.C[Si](C)(C)CCP(c1ccccc1)c1ccccc1.C[Si](C)(C)CCP(c1ccccc1)c1ccccc1.[H-].[H-].[H-].[H-].[Ir]. The summed E-state index contributed by atoms with van der Waals surface area (Å²) in [5.41, 5.74) is 0. The number of rotatable bonds is 15. The van der Waals surface area contributed by atoms with Crippen LogP contribution in [0.15, 0.2) is 182 Å². The molecule has 6 aromatic carbocycles. The van der Waals surface area contributed by atoms with Gasteiger partial charge in [-0.05, 0) is 74.1 Å². The molecule has 0 unspecified atom stereocenters. The third-order valence-electron chi connectivity index (χ3n) is 9.66. The summed E-state index contributed by atoms with van der Waals surface area (Å²) < 4.78 is 0. The average Bonchev–Trinajstić information content (AvgIpc) is 3.23. The van der Waals surface area contributed by atoms with Crippen molar-refractivity contribution in [2.24, 2.45) is 0 Å². The van der Waals surface area contributed by atoms with E-state index in [2.05, 4.69) is 241 Å². The van der Waals surface area contributed by atoms with Crippen molar-refractivity contribution in [1.82, 2.24) is 0 Å². The molecule has 0 amide bonds. The van der Waals surface area contributed by atoms with E-state index in [1.165, 1.54) is 68.4 Å². The average molecular weight is 1090 g/mol. The zero-order chi connectivity index (χ0) is 43.2. The van der Waals surface area contributed by atoms with Gasteiger partial charge in [0.05, 0.1) is 0 Å². The van der Waals surface area contributed by atoms with Crippen LogP contribution >= 0.6 is 23.8 Å². The fraction of sp³-hybridized carbons (Fsp3) is 0.288. The smallest absolute Gasteiger partial charge is 0.106 e. The van der Waals surface area contributed by atoms with Crippen molar-refractivity contribution in [3.05, 3.63) is 182 Å². The van der Waals surface area contributed by atoms with Gasteiger partial charge in [-0.2, -0.15) is 0 Å². The molecule has 0 saturated heterocycles. The van der Waals surface area contributed by atoms with Crippen LogP contribution in [-0.2, 0) is 24.9 Å². The molecule has 6 aromatic rings. The van der Waals surface area contributed by atoms with Gasteiger partial charge in [-0.3, -0.25) is 0 Å². The zero-order valence-corrected chi connectivity index (χ0v) is 45.9. The number of benzene rings is 6. The third kappa shape index (κ3) is 21.6. The van der Waals surface area contributed by atoms with Gasteiger partial charge in [0, 0.05) is 44.3 Å². The molecule has 8 heteroatoms. The summed E-state index contributed by atoms with van der Waals surface area (Å²) >= 11 is 0. The quantitative estimate of drug-likeness (QED) is 0.0740. The van der Waals surface area contributed by atoms with Crippen LogP contribution in [0.25, 0.3) is 0 Å². The molecule has 0 N–H and O–H groups in total. The molecule has 0 atom stereocenters. The molecule has 60 heavy (non-hydrogen) atoms. The van der Waals surface area contributed by atoms with E-state index in [0.29, 0.717) is 0 Å². The van der Waals surface area contributed by atoms with E-state index in [4.69, 9.17) is 4.79 Å². The summed E-state index contributed by atoms with van der Waals surface area (Å²) in [5, 5.41) is 9.09. The van der Waals surface area contributed by atoms with Crippen molar-refractivity contribution in [2.45, 2.75) is 77.1 Å². The molecule has 1 radical (unpaired) electrons. The van der Waals surface area contributed by atoms with Crippen molar-refractivity contribution < 1.29 is 30.6 Å². The Morgan fingerprint density at radius 1 is 0.317 bits per heavy atom. The van der Waals surface area contributed by atoms with Crippen LogP contribution in [0.2, 0.25) is 77.1 Å². The predicted molar refractivity (Wildman–Crippen MR) is 288 cm³/mol. The molecule has 1 nitrogen and oxygen atoms in total. The Hall–Kier alpha value is -2.42. The molecular formula is C52H75IrOP3Si3-4. The third-order valence-corrected chi connectivity index (χ3v) is 23.7. The van der Waals surface area contributed by atoms with E-state index in [1.807, 2.05) is 6.79 Å². The van der Waals surface area contributed by atoms with Gasteiger partial charge in [0.1, 0.15) is 6.79 Å². The number of hydrogen-bond acceptors (Lipinski definition) is 1. The topological polar surface area (TPSA) is 17.1 Å². The Kier molecular flexibility index (Phi) is 25.3. The second-order valence-corrected chi connectivity index (χ2v) is 42.3. The Morgan fingerprint density at radius 3 is 0.567 bits per heavy atom. The minimum Gasteiger partial charge on any atom is -1.00 e. The second kappa shape index (κ2) is 28.3. The molecule has 0 spiro atoms. The number of carbonyl (C=O) groups is 1. The second-order valence-electron chi connectivity index (χ2n) is 18.4. The Bertz CT molecular complexity index is 1630. The first kappa shape index (κ1) is 53.7. The van der Waals surface area contributed by atoms with Crippen molar-refractivity contribution >= 4 is 86.6 Å². The molecule has 329 valence electrons. The van der Waals surface area contributed by atoms with Crippen LogP contribution in [0, 0.1) is 0 Å². The van der Waals surface area contributed by atoms with Gasteiger partial charge in [-0.1, -0.05) is 259 Å². The van der Waals surface area contributed by atoms with Gasteiger partial charge in [-0.25, -0.2) is 0 Å². The summed E-state index contributed by atoms with van der Waals surface area (Å²) in [4.78, 5) is 8.00. The predicted octanol–water partition coefficient (Wildman–Crippen LogP) is 13.6. The summed E-state index contributed by atoms with van der Waals surface area (Å²) in [6.07, 6.45) is 4.00. The van der Waals surface area contributed by atoms with E-state index < -0.39 is 24.2 Å². The van der Waals surface area contributed by atoms with Gasteiger partial charge in [0.25, 0.3) is 0 Å². The van der Waals surface area contributed by atoms with Crippen LogP contribution < -0.4 is 31.8 Å². The van der Waals surface area contributed by atoms with Crippen molar-refractivity contribution in [1.29, 1.82) is 0 Å². The largest absolute Gasteiger partial charge is 1.00 e. The Morgan fingerprint density at radius 2 is 0.450 bits per heavy atom. The molecule has 0 aliphatic heterocycles. The van der Waals surface area contributed by atoms with Gasteiger partial charge in [0.15, 0.2) is 0 Å². The summed E-state index contributed by atoms with van der Waals surface area (Å²) in [6, 6.07) is 70.4. The molecule has 0 heterocycles. The molecule has 0 aliphatic carbocycles. The van der Waals surface area contributed by atoms with Crippen LogP contribution in [-0.4, -0.2) is 49.5 Å². The standard InChI is InChI=1S/3C17H23PSi.CH2O.Ir.4H/c3*1-19(2,3)15-14-18(16-10-6-4-7-11-16)17-12-8-5-9-13-17;1-2;;;;;/h3*4-13H,14-15H2,1-3H3;1H2;;;;;/q;;;;;4*-1. The van der Waals surface area contributed by atoms with Crippen LogP contribution in [0.1, 0.15) is 5.71 Å². The van der Waals surface area contributed by atoms with Gasteiger partial charge >= 0.3 is 0 Å². The minimum absolute atomic E-state index is 0. The summed E-state index contributed by atoms with van der Waals surface area (Å²) in [7, 11) is -3.45. The van der Waals surface area contributed by atoms with E-state index >= 15 is 0 Å². The maximum absolute atomic E-state index is 8.00. The monoisotopic (exact) mass is 1090 g/mol. The Labute approximate surface area is 392 Å². The Balaban J connectivity index is -0.000000823. The first-order valence-electron chi connectivity index (χ1n) is 21.1. The molecule has 0 fully saturated rings. The minimum atomic E-state index is -0.970. The normalized spacial score (nSPS) is 11.3. The van der Waals surface area contributed by atoms with Crippen LogP contribution in [0.4, 0.5) is 0 Å². The molecule has 0 aromatic heterocycles. The number of hydrogen-bond donors (Lipinski definition) is 0. The fourth-order valence-corrected chi connectivity index (χ4v) is 22.6. The number of carbonyl (C=O) groups excluding carboxylic acids is 1. The maximum atomic E-state index is 8.00. The maximum Gasteiger partial charge on any atom is 0.106 e. The van der Waals surface area contributed by atoms with Gasteiger partial charge < -0.3 is 10.5 Å². The molecular weight excluding hydrogens is 1010 g/mol. The molecule has 0 bridgehead atoms. The molecule has 6 rings (SSSR count). The molecule has 0 saturated carbocycles. The van der Waals surface area contributed by atoms with Crippen molar-refractivity contribution in [3.63, 3.8) is 0 Å². The summed E-state index contributed by atoms with van der Waals surface area (Å²) in [5.74, 6) is 0. The van der Waals surface area contributed by atoms with Crippen molar-refractivity contribution in [3.8, 4) is 0 Å². The van der Waals surface area contributed by atoms with Gasteiger partial charge in [-0.15, -0.1) is 0 Å².